The predicted molar refractivity (Wildman–Crippen MR) is 66.7 cm³/mol. The van der Waals surface area contributed by atoms with Gasteiger partial charge in [0, 0.05) is 25.2 Å². The molecule has 94 valence electrons. The van der Waals surface area contributed by atoms with Gasteiger partial charge in [0.2, 0.25) is 0 Å². The fourth-order valence-corrected chi connectivity index (χ4v) is 2.91. The summed E-state index contributed by atoms with van der Waals surface area (Å²) in [6.45, 7) is 7.77. The van der Waals surface area contributed by atoms with Crippen molar-refractivity contribution in [2.24, 2.45) is 0 Å². The third-order valence-corrected chi connectivity index (χ3v) is 3.93. The minimum atomic E-state index is 0.669. The summed E-state index contributed by atoms with van der Waals surface area (Å²) in [4.78, 5) is 2.61. The van der Waals surface area contributed by atoms with E-state index in [0.717, 1.165) is 25.8 Å². The van der Waals surface area contributed by atoms with Crippen LogP contribution in [0, 0.1) is 0 Å². The van der Waals surface area contributed by atoms with Crippen LogP contribution in [0.1, 0.15) is 39.0 Å². The Bertz CT molecular complexity index is 186. The standard InChI is InChI=1S/C13H26N2O/c1-2-15(13-7-5-9-16-11-13)10-12-6-3-4-8-14-12/h12-14H,2-11H2,1H3. The van der Waals surface area contributed by atoms with Gasteiger partial charge in [0.15, 0.2) is 0 Å². The molecule has 3 nitrogen and oxygen atoms in total. The van der Waals surface area contributed by atoms with Crippen molar-refractivity contribution >= 4 is 0 Å². The Balaban J connectivity index is 1.78. The van der Waals surface area contributed by atoms with Crippen LogP contribution in [0.25, 0.3) is 0 Å². The molecular formula is C13H26N2O. The number of rotatable bonds is 4. The van der Waals surface area contributed by atoms with E-state index in [1.807, 2.05) is 0 Å². The van der Waals surface area contributed by atoms with Crippen molar-refractivity contribution in [2.75, 3.05) is 32.8 Å². The molecule has 0 saturated carbocycles. The number of likely N-dealkylation sites (N-methyl/N-ethyl adjacent to an activating group) is 1. The van der Waals surface area contributed by atoms with Gasteiger partial charge in [-0.1, -0.05) is 13.3 Å². The zero-order valence-electron chi connectivity index (χ0n) is 10.6. The number of nitrogens with zero attached hydrogens (tertiary/aromatic N) is 1. The van der Waals surface area contributed by atoms with Gasteiger partial charge in [-0.2, -0.15) is 0 Å². The first-order chi connectivity index (χ1) is 7.90. The van der Waals surface area contributed by atoms with Gasteiger partial charge in [-0.3, -0.25) is 4.90 Å². The lowest BCUT2D eigenvalue weighted by molar-refractivity contribution is 0.0153. The molecule has 0 aliphatic carbocycles. The molecule has 2 unspecified atom stereocenters. The fourth-order valence-electron chi connectivity index (χ4n) is 2.91. The zero-order valence-corrected chi connectivity index (χ0v) is 10.6. The summed E-state index contributed by atoms with van der Waals surface area (Å²) in [7, 11) is 0. The summed E-state index contributed by atoms with van der Waals surface area (Å²) in [5.74, 6) is 0. The van der Waals surface area contributed by atoms with Crippen molar-refractivity contribution in [3.8, 4) is 0 Å². The van der Waals surface area contributed by atoms with Crippen LogP contribution in [0.4, 0.5) is 0 Å². The fraction of sp³-hybridized carbons (Fsp3) is 1.00. The Labute approximate surface area is 99.5 Å². The highest BCUT2D eigenvalue weighted by atomic mass is 16.5. The van der Waals surface area contributed by atoms with Gasteiger partial charge in [-0.25, -0.2) is 0 Å². The molecule has 0 aromatic carbocycles. The van der Waals surface area contributed by atoms with Gasteiger partial charge in [0.25, 0.3) is 0 Å². The van der Waals surface area contributed by atoms with Crippen LogP contribution in [0.15, 0.2) is 0 Å². The molecule has 3 heteroatoms. The maximum atomic E-state index is 5.59. The average molecular weight is 226 g/mol. The summed E-state index contributed by atoms with van der Waals surface area (Å²) in [6.07, 6.45) is 6.66. The number of hydrogen-bond acceptors (Lipinski definition) is 3. The molecule has 1 N–H and O–H groups in total. The first kappa shape index (κ1) is 12.3. The summed E-state index contributed by atoms with van der Waals surface area (Å²) in [5, 5.41) is 3.64. The molecule has 2 aliphatic heterocycles. The van der Waals surface area contributed by atoms with E-state index < -0.39 is 0 Å². The number of ether oxygens (including phenoxy) is 1. The maximum Gasteiger partial charge on any atom is 0.0621 e. The Morgan fingerprint density at radius 3 is 2.81 bits per heavy atom. The van der Waals surface area contributed by atoms with Gasteiger partial charge in [0.1, 0.15) is 0 Å². The molecule has 2 aliphatic rings. The second-order valence-corrected chi connectivity index (χ2v) is 5.11. The zero-order chi connectivity index (χ0) is 11.2. The van der Waals surface area contributed by atoms with E-state index in [2.05, 4.69) is 17.1 Å². The molecule has 2 saturated heterocycles. The Kier molecular flexibility index (Phi) is 5.07. The summed E-state index contributed by atoms with van der Waals surface area (Å²) >= 11 is 0. The molecule has 0 radical (unpaired) electrons. The molecular weight excluding hydrogens is 200 g/mol. The molecule has 2 atom stereocenters. The lowest BCUT2D eigenvalue weighted by atomic mass is 10.0. The number of nitrogens with one attached hydrogen (secondary N) is 1. The Morgan fingerprint density at radius 2 is 2.19 bits per heavy atom. The highest BCUT2D eigenvalue weighted by Crippen LogP contribution is 2.16. The normalized spacial score (nSPS) is 31.9. The third-order valence-electron chi connectivity index (χ3n) is 3.93. The Morgan fingerprint density at radius 1 is 1.25 bits per heavy atom. The van der Waals surface area contributed by atoms with Gasteiger partial charge in [0.05, 0.1) is 6.61 Å². The highest BCUT2D eigenvalue weighted by Gasteiger charge is 2.23. The second kappa shape index (κ2) is 6.58. The van der Waals surface area contributed by atoms with E-state index in [-0.39, 0.29) is 0 Å². The van der Waals surface area contributed by atoms with Gasteiger partial charge in [-0.05, 0) is 38.8 Å². The quantitative estimate of drug-likeness (QED) is 0.788. The first-order valence-electron chi connectivity index (χ1n) is 6.95. The van der Waals surface area contributed by atoms with Crippen LogP contribution in [-0.2, 0) is 4.74 Å². The second-order valence-electron chi connectivity index (χ2n) is 5.11. The van der Waals surface area contributed by atoms with E-state index in [4.69, 9.17) is 4.74 Å². The minimum Gasteiger partial charge on any atom is -0.380 e. The van der Waals surface area contributed by atoms with Crippen molar-refractivity contribution in [2.45, 2.75) is 51.1 Å². The predicted octanol–water partition coefficient (Wildman–Crippen LogP) is 1.63. The van der Waals surface area contributed by atoms with Crippen LogP contribution < -0.4 is 5.32 Å². The molecule has 2 heterocycles. The maximum absolute atomic E-state index is 5.59. The lowest BCUT2D eigenvalue weighted by Gasteiger charge is -2.37. The van der Waals surface area contributed by atoms with E-state index >= 15 is 0 Å². The van der Waals surface area contributed by atoms with Crippen LogP contribution in [0.3, 0.4) is 0 Å². The number of hydrogen-bond donors (Lipinski definition) is 1. The molecule has 2 fully saturated rings. The minimum absolute atomic E-state index is 0.669. The van der Waals surface area contributed by atoms with Crippen molar-refractivity contribution < 1.29 is 4.74 Å². The molecule has 0 amide bonds. The smallest absolute Gasteiger partial charge is 0.0621 e. The molecule has 16 heavy (non-hydrogen) atoms. The topological polar surface area (TPSA) is 24.5 Å². The summed E-state index contributed by atoms with van der Waals surface area (Å²) in [6, 6.07) is 1.39. The molecule has 2 rings (SSSR count). The van der Waals surface area contributed by atoms with Gasteiger partial charge >= 0.3 is 0 Å². The van der Waals surface area contributed by atoms with E-state index in [1.54, 1.807) is 0 Å². The van der Waals surface area contributed by atoms with Crippen molar-refractivity contribution in [3.63, 3.8) is 0 Å². The monoisotopic (exact) mass is 226 g/mol. The van der Waals surface area contributed by atoms with Crippen LogP contribution in [0.5, 0.6) is 0 Å². The van der Waals surface area contributed by atoms with Crippen LogP contribution in [0.2, 0.25) is 0 Å². The van der Waals surface area contributed by atoms with E-state index in [1.165, 1.54) is 45.2 Å². The van der Waals surface area contributed by atoms with E-state index in [0.29, 0.717) is 6.04 Å². The summed E-state index contributed by atoms with van der Waals surface area (Å²) < 4.78 is 5.59. The molecule has 0 aromatic rings. The van der Waals surface area contributed by atoms with Crippen LogP contribution in [-0.4, -0.2) is 49.8 Å². The average Bonchev–Trinajstić information content (AvgIpc) is 2.38. The largest absolute Gasteiger partial charge is 0.380 e. The SMILES string of the molecule is CCN(CC1CCCCN1)C1CCCOC1. The lowest BCUT2D eigenvalue weighted by Crippen LogP contribution is -2.49. The molecule has 0 spiro atoms. The number of piperidine rings is 1. The first-order valence-corrected chi connectivity index (χ1v) is 6.95. The van der Waals surface area contributed by atoms with Crippen molar-refractivity contribution in [3.05, 3.63) is 0 Å². The third kappa shape index (κ3) is 3.44. The van der Waals surface area contributed by atoms with E-state index in [9.17, 15) is 0 Å². The van der Waals surface area contributed by atoms with Crippen molar-refractivity contribution in [1.82, 2.24) is 10.2 Å². The van der Waals surface area contributed by atoms with Gasteiger partial charge < -0.3 is 10.1 Å². The van der Waals surface area contributed by atoms with Gasteiger partial charge in [-0.15, -0.1) is 0 Å². The van der Waals surface area contributed by atoms with Crippen LogP contribution >= 0.6 is 0 Å². The highest BCUT2D eigenvalue weighted by molar-refractivity contribution is 4.80. The Hall–Kier alpha value is -0.120. The molecule has 0 aromatic heterocycles. The molecule has 0 bridgehead atoms. The summed E-state index contributed by atoms with van der Waals surface area (Å²) in [5.41, 5.74) is 0. The van der Waals surface area contributed by atoms with Crippen molar-refractivity contribution in [1.29, 1.82) is 0 Å².